The lowest BCUT2D eigenvalue weighted by molar-refractivity contribution is -0.117. The Kier molecular flexibility index (Phi) is 4.82. The number of nitrogens with zero attached hydrogens (tertiary/aromatic N) is 3. The second-order valence-electron chi connectivity index (χ2n) is 6.37. The Morgan fingerprint density at radius 3 is 2.72 bits per heavy atom. The van der Waals surface area contributed by atoms with Crippen LogP contribution in [0.25, 0.3) is 0 Å². The summed E-state index contributed by atoms with van der Waals surface area (Å²) in [5.74, 6) is 0.0662. The van der Waals surface area contributed by atoms with Crippen LogP contribution in [0, 0.1) is 32.1 Å². The summed E-state index contributed by atoms with van der Waals surface area (Å²) in [6, 6.07) is 10.3. The van der Waals surface area contributed by atoms with E-state index in [0.29, 0.717) is 17.1 Å². The summed E-state index contributed by atoms with van der Waals surface area (Å²) in [7, 11) is 0. The van der Waals surface area contributed by atoms with Crippen LogP contribution in [-0.2, 0) is 11.2 Å². The summed E-state index contributed by atoms with van der Waals surface area (Å²) in [5, 5.41) is 9.86. The normalized spacial score (nSPS) is 14.1. The number of para-hydroxylation sites is 1. The third-order valence-corrected chi connectivity index (χ3v) is 5.94. The van der Waals surface area contributed by atoms with Crippen LogP contribution < -0.4 is 4.90 Å². The van der Waals surface area contributed by atoms with E-state index in [-0.39, 0.29) is 11.2 Å². The molecule has 0 saturated heterocycles. The summed E-state index contributed by atoms with van der Waals surface area (Å²) in [6.07, 6.45) is 0.893. The van der Waals surface area contributed by atoms with Gasteiger partial charge in [-0.2, -0.15) is 5.26 Å². The minimum atomic E-state index is -0.299. The van der Waals surface area contributed by atoms with Crippen molar-refractivity contribution in [2.24, 2.45) is 0 Å². The molecular formula is C20H21N3OS. The molecule has 2 aromatic rings. The van der Waals surface area contributed by atoms with Crippen LogP contribution in [0.5, 0.6) is 0 Å². The van der Waals surface area contributed by atoms with Gasteiger partial charge in [0, 0.05) is 17.9 Å². The van der Waals surface area contributed by atoms with Gasteiger partial charge in [0.2, 0.25) is 5.91 Å². The van der Waals surface area contributed by atoms with Gasteiger partial charge in [0.05, 0.1) is 10.8 Å². The van der Waals surface area contributed by atoms with E-state index in [1.54, 1.807) is 0 Å². The fraction of sp³-hybridized carbons (Fsp3) is 0.350. The van der Waals surface area contributed by atoms with Gasteiger partial charge in [-0.15, -0.1) is 0 Å². The van der Waals surface area contributed by atoms with Crippen LogP contribution >= 0.6 is 11.8 Å². The highest BCUT2D eigenvalue weighted by atomic mass is 32.2. The maximum atomic E-state index is 12.9. The number of fused-ring (bicyclic) bond motifs is 1. The molecule has 0 aliphatic carbocycles. The van der Waals surface area contributed by atoms with E-state index in [4.69, 9.17) is 0 Å². The highest BCUT2D eigenvalue weighted by Crippen LogP contribution is 2.33. The third-order valence-electron chi connectivity index (χ3n) is 4.86. The molecule has 128 valence electrons. The Morgan fingerprint density at radius 2 is 2.00 bits per heavy atom. The molecule has 0 fully saturated rings. The lowest BCUT2D eigenvalue weighted by Crippen LogP contribution is -2.35. The molecule has 0 spiro atoms. The molecule has 0 unspecified atom stereocenters. The quantitative estimate of drug-likeness (QED) is 0.786. The Balaban J connectivity index is 1.85. The zero-order chi connectivity index (χ0) is 18.1. The number of hydrogen-bond donors (Lipinski definition) is 0. The molecule has 0 saturated carbocycles. The van der Waals surface area contributed by atoms with Crippen LogP contribution in [-0.4, -0.2) is 22.7 Å². The molecule has 1 atom stereocenters. The average Bonchev–Trinajstić information content (AvgIpc) is 3.03. The summed E-state index contributed by atoms with van der Waals surface area (Å²) < 4.78 is 0. The minimum absolute atomic E-state index is 0.0662. The van der Waals surface area contributed by atoms with Crippen molar-refractivity contribution in [1.82, 2.24) is 4.98 Å². The fourth-order valence-electron chi connectivity index (χ4n) is 3.13. The van der Waals surface area contributed by atoms with Crippen molar-refractivity contribution in [2.45, 2.75) is 44.4 Å². The first-order chi connectivity index (χ1) is 11.9. The van der Waals surface area contributed by atoms with Gasteiger partial charge in [-0.1, -0.05) is 30.0 Å². The third kappa shape index (κ3) is 3.14. The number of thioether (sulfide) groups is 1. The summed E-state index contributed by atoms with van der Waals surface area (Å²) in [6.45, 7) is 8.46. The Bertz CT molecular complexity index is 885. The molecule has 3 rings (SSSR count). The summed E-state index contributed by atoms with van der Waals surface area (Å²) in [4.78, 5) is 19.4. The van der Waals surface area contributed by atoms with E-state index in [1.807, 2.05) is 50.8 Å². The second-order valence-corrected chi connectivity index (χ2v) is 7.70. The molecule has 1 aromatic heterocycles. The number of nitriles is 1. The van der Waals surface area contributed by atoms with Crippen molar-refractivity contribution in [3.05, 3.63) is 52.2 Å². The number of amides is 1. The molecule has 5 heteroatoms. The van der Waals surface area contributed by atoms with E-state index in [2.05, 4.69) is 17.1 Å². The van der Waals surface area contributed by atoms with Crippen LogP contribution in [0.1, 0.15) is 34.9 Å². The molecular weight excluding hydrogens is 330 g/mol. The van der Waals surface area contributed by atoms with Crippen LogP contribution in [0.2, 0.25) is 0 Å². The van der Waals surface area contributed by atoms with Crippen LogP contribution in [0.4, 0.5) is 5.69 Å². The fourth-order valence-corrected chi connectivity index (χ4v) is 4.20. The van der Waals surface area contributed by atoms with Gasteiger partial charge >= 0.3 is 0 Å². The number of anilines is 1. The second kappa shape index (κ2) is 6.89. The molecule has 1 amide bonds. The van der Waals surface area contributed by atoms with Gasteiger partial charge in [0.25, 0.3) is 0 Å². The first-order valence-corrected chi connectivity index (χ1v) is 9.25. The number of aryl methyl sites for hydroxylation is 1. The predicted molar refractivity (Wildman–Crippen MR) is 101 cm³/mol. The summed E-state index contributed by atoms with van der Waals surface area (Å²) >= 11 is 1.38. The molecule has 1 aliphatic heterocycles. The van der Waals surface area contributed by atoms with E-state index in [9.17, 15) is 10.1 Å². The smallest absolute Gasteiger partial charge is 0.240 e. The predicted octanol–water partition coefficient (Wildman–Crippen LogP) is 3.95. The Hall–Kier alpha value is -2.32. The zero-order valence-corrected chi connectivity index (χ0v) is 15.8. The van der Waals surface area contributed by atoms with Gasteiger partial charge in [0.15, 0.2) is 0 Å². The van der Waals surface area contributed by atoms with Gasteiger partial charge < -0.3 is 4.90 Å². The number of carbonyl (C=O) groups is 1. The number of rotatable bonds is 3. The molecule has 1 aliphatic rings. The summed E-state index contributed by atoms with van der Waals surface area (Å²) in [5.41, 5.74) is 5.69. The monoisotopic (exact) mass is 351 g/mol. The number of pyridine rings is 1. The number of carbonyl (C=O) groups excluding carboxylic acids is 1. The van der Waals surface area contributed by atoms with Gasteiger partial charge in [-0.05, 0) is 56.9 Å². The topological polar surface area (TPSA) is 57.0 Å². The van der Waals surface area contributed by atoms with Crippen LogP contribution in [0.15, 0.2) is 29.3 Å². The first-order valence-electron chi connectivity index (χ1n) is 8.38. The first kappa shape index (κ1) is 17.5. The molecule has 2 heterocycles. The molecule has 4 nitrogen and oxygen atoms in total. The van der Waals surface area contributed by atoms with Crippen molar-refractivity contribution < 1.29 is 4.79 Å². The van der Waals surface area contributed by atoms with E-state index < -0.39 is 0 Å². The number of hydrogen-bond acceptors (Lipinski definition) is 4. The molecule has 0 N–H and O–H groups in total. The van der Waals surface area contributed by atoms with Crippen molar-refractivity contribution in [1.29, 1.82) is 5.26 Å². The molecule has 25 heavy (non-hydrogen) atoms. The van der Waals surface area contributed by atoms with Crippen LogP contribution in [0.3, 0.4) is 0 Å². The molecule has 0 bridgehead atoms. The SMILES string of the molecule is Cc1nc(S[C@@H](C)C(=O)N2CCc3ccccc32)c(C#N)c(C)c1C. The Labute approximate surface area is 152 Å². The Morgan fingerprint density at radius 1 is 1.28 bits per heavy atom. The lowest BCUT2D eigenvalue weighted by atomic mass is 10.1. The van der Waals surface area contributed by atoms with E-state index in [0.717, 1.165) is 28.9 Å². The van der Waals surface area contributed by atoms with Crippen molar-refractivity contribution in [2.75, 3.05) is 11.4 Å². The molecule has 1 aromatic carbocycles. The van der Waals surface area contributed by atoms with Crippen molar-refractivity contribution in [3.63, 3.8) is 0 Å². The van der Waals surface area contributed by atoms with Gasteiger partial charge in [0.1, 0.15) is 11.1 Å². The maximum Gasteiger partial charge on any atom is 0.240 e. The van der Waals surface area contributed by atoms with Crippen molar-refractivity contribution in [3.8, 4) is 6.07 Å². The van der Waals surface area contributed by atoms with E-state index >= 15 is 0 Å². The van der Waals surface area contributed by atoms with E-state index in [1.165, 1.54) is 17.3 Å². The molecule has 0 radical (unpaired) electrons. The number of aromatic nitrogens is 1. The minimum Gasteiger partial charge on any atom is -0.311 e. The van der Waals surface area contributed by atoms with Gasteiger partial charge in [-0.3, -0.25) is 4.79 Å². The largest absolute Gasteiger partial charge is 0.311 e. The highest BCUT2D eigenvalue weighted by Gasteiger charge is 2.29. The zero-order valence-electron chi connectivity index (χ0n) is 15.0. The number of benzene rings is 1. The average molecular weight is 351 g/mol. The van der Waals surface area contributed by atoms with Crippen molar-refractivity contribution >= 4 is 23.4 Å². The standard InChI is InChI=1S/C20H21N3OS/c1-12-13(2)17(11-21)19(22-14(12)3)25-15(4)20(24)23-10-9-16-7-5-6-8-18(16)23/h5-8,15H,9-10H2,1-4H3/t15-/m0/s1. The van der Waals surface area contributed by atoms with Gasteiger partial charge in [-0.25, -0.2) is 4.98 Å². The maximum absolute atomic E-state index is 12.9. The highest BCUT2D eigenvalue weighted by molar-refractivity contribution is 8.00. The lowest BCUT2D eigenvalue weighted by Gasteiger charge is -2.22.